The third-order valence-corrected chi connectivity index (χ3v) is 7.00. The van der Waals surface area contributed by atoms with Crippen molar-refractivity contribution in [3.8, 4) is 0 Å². The van der Waals surface area contributed by atoms with Crippen molar-refractivity contribution in [2.24, 2.45) is 11.3 Å². The fourth-order valence-corrected chi connectivity index (χ4v) is 5.41. The smallest absolute Gasteiger partial charge is 0.214 e. The van der Waals surface area contributed by atoms with Crippen LogP contribution < -0.4 is 0 Å². The molecule has 2 heterocycles. The highest BCUT2D eigenvalue weighted by molar-refractivity contribution is 7.89. The Morgan fingerprint density at radius 2 is 1.95 bits per heavy atom. The number of sulfonamides is 1. The Hall–Kier alpha value is -0.170. The zero-order valence-corrected chi connectivity index (χ0v) is 13.8. The Morgan fingerprint density at radius 3 is 2.50 bits per heavy atom. The molecule has 0 aromatic heterocycles. The summed E-state index contributed by atoms with van der Waals surface area (Å²) in [7, 11) is 0.873. The van der Waals surface area contributed by atoms with E-state index >= 15 is 0 Å². The van der Waals surface area contributed by atoms with Crippen molar-refractivity contribution in [2.75, 3.05) is 52.7 Å². The van der Waals surface area contributed by atoms with Crippen LogP contribution in [0.3, 0.4) is 0 Å². The second-order valence-corrected chi connectivity index (χ2v) is 8.51. The molecule has 2 fully saturated rings. The lowest BCUT2D eigenvalue weighted by atomic mass is 9.71. The molecular formula is C14H28N2O3S. The summed E-state index contributed by atoms with van der Waals surface area (Å²) in [4.78, 5) is 2.36. The van der Waals surface area contributed by atoms with E-state index in [1.54, 1.807) is 11.4 Å². The largest absolute Gasteiger partial charge is 0.384 e. The van der Waals surface area contributed by atoms with E-state index in [1.807, 2.05) is 6.92 Å². The molecule has 0 aromatic carbocycles. The second-order valence-electron chi connectivity index (χ2n) is 6.43. The SMILES string of the molecule is CCCS(=O)(=O)N1CCC2(CC1)CN(C)CC2COC. The van der Waals surface area contributed by atoms with Crippen molar-refractivity contribution in [3.05, 3.63) is 0 Å². The van der Waals surface area contributed by atoms with Crippen molar-refractivity contribution >= 4 is 10.0 Å². The minimum Gasteiger partial charge on any atom is -0.384 e. The van der Waals surface area contributed by atoms with Gasteiger partial charge in [-0.15, -0.1) is 0 Å². The van der Waals surface area contributed by atoms with Crippen LogP contribution in [0.1, 0.15) is 26.2 Å². The molecule has 0 amide bonds. The second kappa shape index (κ2) is 6.30. The van der Waals surface area contributed by atoms with Crippen LogP contribution in [0, 0.1) is 11.3 Å². The molecule has 0 bridgehead atoms. The van der Waals surface area contributed by atoms with E-state index in [9.17, 15) is 8.42 Å². The first-order chi connectivity index (χ1) is 9.43. The van der Waals surface area contributed by atoms with E-state index in [0.717, 1.165) is 32.5 Å². The van der Waals surface area contributed by atoms with E-state index in [-0.39, 0.29) is 11.2 Å². The van der Waals surface area contributed by atoms with Crippen LogP contribution in [0.2, 0.25) is 0 Å². The molecule has 1 unspecified atom stereocenters. The van der Waals surface area contributed by atoms with E-state index in [0.29, 0.717) is 25.4 Å². The molecule has 0 aliphatic carbocycles. The molecule has 2 rings (SSSR count). The average Bonchev–Trinajstić information content (AvgIpc) is 2.66. The maximum Gasteiger partial charge on any atom is 0.214 e. The number of methoxy groups -OCH3 is 1. The zero-order valence-electron chi connectivity index (χ0n) is 13.0. The van der Waals surface area contributed by atoms with Crippen LogP contribution in [0.5, 0.6) is 0 Å². The van der Waals surface area contributed by atoms with Gasteiger partial charge < -0.3 is 9.64 Å². The van der Waals surface area contributed by atoms with Crippen LogP contribution >= 0.6 is 0 Å². The van der Waals surface area contributed by atoms with Crippen LogP contribution in [0.4, 0.5) is 0 Å². The van der Waals surface area contributed by atoms with Gasteiger partial charge >= 0.3 is 0 Å². The molecule has 2 aliphatic rings. The number of nitrogens with zero attached hydrogens (tertiary/aromatic N) is 2. The third kappa shape index (κ3) is 3.18. The fraction of sp³-hybridized carbons (Fsp3) is 1.00. The molecule has 6 heteroatoms. The summed E-state index contributed by atoms with van der Waals surface area (Å²) < 4.78 is 31.4. The van der Waals surface area contributed by atoms with E-state index < -0.39 is 10.0 Å². The first-order valence-electron chi connectivity index (χ1n) is 7.59. The Kier molecular flexibility index (Phi) is 5.10. The fourth-order valence-electron chi connectivity index (χ4n) is 3.89. The Bertz CT molecular complexity index is 416. The first kappa shape index (κ1) is 16.2. The van der Waals surface area contributed by atoms with Gasteiger partial charge in [0.2, 0.25) is 10.0 Å². The average molecular weight is 304 g/mol. The van der Waals surface area contributed by atoms with Crippen LogP contribution in [-0.2, 0) is 14.8 Å². The maximum absolute atomic E-state index is 12.2. The lowest BCUT2D eigenvalue weighted by molar-refractivity contribution is 0.0570. The Balaban J connectivity index is 2.02. The third-order valence-electron chi connectivity index (χ3n) is 4.92. The predicted molar refractivity (Wildman–Crippen MR) is 80.2 cm³/mol. The molecule has 2 saturated heterocycles. The van der Waals surface area contributed by atoms with Crippen molar-refractivity contribution < 1.29 is 13.2 Å². The summed E-state index contributed by atoms with van der Waals surface area (Å²) in [6.45, 7) is 6.20. The summed E-state index contributed by atoms with van der Waals surface area (Å²) in [5, 5.41) is 0. The maximum atomic E-state index is 12.2. The topological polar surface area (TPSA) is 49.9 Å². The highest BCUT2D eigenvalue weighted by Crippen LogP contribution is 2.44. The van der Waals surface area contributed by atoms with Gasteiger partial charge in [0, 0.05) is 39.2 Å². The van der Waals surface area contributed by atoms with Gasteiger partial charge in [-0.25, -0.2) is 12.7 Å². The van der Waals surface area contributed by atoms with Gasteiger partial charge in [-0.2, -0.15) is 0 Å². The van der Waals surface area contributed by atoms with Crippen LogP contribution in [-0.4, -0.2) is 70.3 Å². The Morgan fingerprint density at radius 1 is 1.30 bits per heavy atom. The first-order valence-corrected chi connectivity index (χ1v) is 9.20. The van der Waals surface area contributed by atoms with Gasteiger partial charge in [0.05, 0.1) is 12.4 Å². The molecule has 0 aromatic rings. The minimum atomic E-state index is -3.03. The predicted octanol–water partition coefficient (Wildman–Crippen LogP) is 1.02. The van der Waals surface area contributed by atoms with Gasteiger partial charge in [-0.05, 0) is 31.7 Å². The number of rotatable bonds is 5. The van der Waals surface area contributed by atoms with Crippen LogP contribution in [0.25, 0.3) is 0 Å². The monoisotopic (exact) mass is 304 g/mol. The van der Waals surface area contributed by atoms with E-state index in [4.69, 9.17) is 4.74 Å². The standard InChI is InChI=1S/C14H28N2O3S/c1-4-9-20(17,18)16-7-5-14(6-8-16)12-15(2)10-13(14)11-19-3/h13H,4-12H2,1-3H3. The number of ether oxygens (including phenoxy) is 1. The summed E-state index contributed by atoms with van der Waals surface area (Å²) in [6.07, 6.45) is 2.63. The summed E-state index contributed by atoms with van der Waals surface area (Å²) in [5.74, 6) is 0.815. The minimum absolute atomic E-state index is 0.253. The highest BCUT2D eigenvalue weighted by Gasteiger charge is 2.47. The zero-order chi connectivity index (χ0) is 14.8. The number of piperidine rings is 1. The number of likely N-dealkylation sites (tertiary alicyclic amines) is 1. The molecule has 118 valence electrons. The molecule has 0 radical (unpaired) electrons. The van der Waals surface area contributed by atoms with Crippen molar-refractivity contribution in [1.29, 1.82) is 0 Å². The summed E-state index contributed by atoms with van der Waals surface area (Å²) in [6, 6.07) is 0. The molecular weight excluding hydrogens is 276 g/mol. The normalized spacial score (nSPS) is 28.2. The number of hydrogen-bond donors (Lipinski definition) is 0. The molecule has 5 nitrogen and oxygen atoms in total. The molecule has 20 heavy (non-hydrogen) atoms. The van der Waals surface area contributed by atoms with Gasteiger partial charge in [0.25, 0.3) is 0 Å². The number of hydrogen-bond acceptors (Lipinski definition) is 4. The van der Waals surface area contributed by atoms with Gasteiger partial charge in [-0.3, -0.25) is 0 Å². The van der Waals surface area contributed by atoms with E-state index in [2.05, 4.69) is 11.9 Å². The molecule has 2 aliphatic heterocycles. The van der Waals surface area contributed by atoms with Crippen molar-refractivity contribution in [1.82, 2.24) is 9.21 Å². The summed E-state index contributed by atoms with van der Waals surface area (Å²) >= 11 is 0. The van der Waals surface area contributed by atoms with Gasteiger partial charge in [0.15, 0.2) is 0 Å². The quantitative estimate of drug-likeness (QED) is 0.761. The van der Waals surface area contributed by atoms with Gasteiger partial charge in [0.1, 0.15) is 0 Å². The molecule has 1 spiro atoms. The summed E-state index contributed by atoms with van der Waals surface area (Å²) in [5.41, 5.74) is 0.253. The lowest BCUT2D eigenvalue weighted by Crippen LogP contribution is -2.47. The molecule has 0 N–H and O–H groups in total. The van der Waals surface area contributed by atoms with Crippen molar-refractivity contribution in [3.63, 3.8) is 0 Å². The highest BCUT2D eigenvalue weighted by atomic mass is 32.2. The van der Waals surface area contributed by atoms with E-state index in [1.165, 1.54) is 0 Å². The Labute approximate surface area is 123 Å². The lowest BCUT2D eigenvalue weighted by Gasteiger charge is -2.42. The van der Waals surface area contributed by atoms with Crippen molar-refractivity contribution in [2.45, 2.75) is 26.2 Å². The van der Waals surface area contributed by atoms with Gasteiger partial charge in [-0.1, -0.05) is 6.92 Å². The van der Waals surface area contributed by atoms with Crippen LogP contribution in [0.15, 0.2) is 0 Å². The molecule has 1 atom stereocenters. The molecule has 0 saturated carbocycles.